The Morgan fingerprint density at radius 1 is 1.60 bits per heavy atom. The van der Waals surface area contributed by atoms with Crippen molar-refractivity contribution in [1.82, 2.24) is 14.5 Å². The van der Waals surface area contributed by atoms with Crippen molar-refractivity contribution in [1.29, 1.82) is 0 Å². The average Bonchev–Trinajstić information content (AvgIpc) is 2.83. The number of rotatable bonds is 5. The molecule has 15 heavy (non-hydrogen) atoms. The van der Waals surface area contributed by atoms with Crippen molar-refractivity contribution in [2.45, 2.75) is 24.8 Å². The number of aromatic amines is 1. The minimum atomic E-state index is -3.35. The van der Waals surface area contributed by atoms with Crippen molar-refractivity contribution in [3.05, 3.63) is 12.3 Å². The summed E-state index contributed by atoms with van der Waals surface area (Å²) in [6.07, 6.45) is 3.75. The van der Waals surface area contributed by atoms with Gasteiger partial charge in [-0.15, -0.1) is 0 Å². The lowest BCUT2D eigenvalue weighted by Crippen LogP contribution is -2.33. The highest BCUT2D eigenvalue weighted by atomic mass is 32.2. The van der Waals surface area contributed by atoms with E-state index in [4.69, 9.17) is 0 Å². The predicted octanol–water partition coefficient (Wildman–Crippen LogP) is 0.830. The smallest absolute Gasteiger partial charge is 0.259 e. The Balaban J connectivity index is 2.18. The molecular formula is C9H15N3O2S. The number of hydrogen-bond acceptors (Lipinski definition) is 3. The van der Waals surface area contributed by atoms with Gasteiger partial charge in [0.1, 0.15) is 0 Å². The van der Waals surface area contributed by atoms with E-state index in [1.807, 2.05) is 6.92 Å². The summed E-state index contributed by atoms with van der Waals surface area (Å²) in [7, 11) is -3.35. The molecule has 1 aromatic rings. The molecule has 1 fully saturated rings. The molecule has 5 nitrogen and oxygen atoms in total. The highest BCUT2D eigenvalue weighted by molar-refractivity contribution is 7.89. The Morgan fingerprint density at radius 3 is 2.80 bits per heavy atom. The Bertz CT molecular complexity index is 409. The summed E-state index contributed by atoms with van der Waals surface area (Å²) in [6, 6.07) is 1.49. The lowest BCUT2D eigenvalue weighted by molar-refractivity contribution is 0.410. The van der Waals surface area contributed by atoms with Crippen LogP contribution in [0, 0.1) is 5.92 Å². The fraction of sp³-hybridized carbons (Fsp3) is 0.667. The molecule has 84 valence electrons. The number of aromatic nitrogens is 2. The van der Waals surface area contributed by atoms with E-state index in [0.717, 1.165) is 12.8 Å². The van der Waals surface area contributed by atoms with Gasteiger partial charge < -0.3 is 0 Å². The maximum absolute atomic E-state index is 12.0. The first-order valence-corrected chi connectivity index (χ1v) is 6.58. The van der Waals surface area contributed by atoms with Gasteiger partial charge in [-0.1, -0.05) is 6.92 Å². The van der Waals surface area contributed by atoms with Crippen molar-refractivity contribution in [2.75, 3.05) is 13.1 Å². The van der Waals surface area contributed by atoms with Crippen LogP contribution in [0.3, 0.4) is 0 Å². The van der Waals surface area contributed by atoms with E-state index in [1.165, 1.54) is 16.6 Å². The van der Waals surface area contributed by atoms with Crippen LogP contribution in [0.25, 0.3) is 0 Å². The van der Waals surface area contributed by atoms with E-state index in [-0.39, 0.29) is 5.03 Å². The van der Waals surface area contributed by atoms with E-state index in [1.54, 1.807) is 0 Å². The van der Waals surface area contributed by atoms with E-state index in [2.05, 4.69) is 10.2 Å². The molecule has 0 spiro atoms. The van der Waals surface area contributed by atoms with Crippen LogP contribution in [0.2, 0.25) is 0 Å². The zero-order valence-electron chi connectivity index (χ0n) is 8.68. The van der Waals surface area contributed by atoms with Gasteiger partial charge in [-0.25, -0.2) is 8.42 Å². The van der Waals surface area contributed by atoms with Crippen molar-refractivity contribution in [2.24, 2.45) is 5.92 Å². The van der Waals surface area contributed by atoms with Gasteiger partial charge in [0.25, 0.3) is 10.0 Å². The molecule has 0 unspecified atom stereocenters. The Kier molecular flexibility index (Phi) is 2.79. The van der Waals surface area contributed by atoms with Crippen LogP contribution in [0.1, 0.15) is 19.8 Å². The lowest BCUT2D eigenvalue weighted by atomic mass is 10.4. The van der Waals surface area contributed by atoms with Crippen LogP contribution in [-0.2, 0) is 10.0 Å². The normalized spacial score (nSPS) is 17.2. The first-order valence-electron chi connectivity index (χ1n) is 5.14. The monoisotopic (exact) mass is 229 g/mol. The molecule has 1 heterocycles. The fourth-order valence-electron chi connectivity index (χ4n) is 1.51. The van der Waals surface area contributed by atoms with Gasteiger partial charge >= 0.3 is 0 Å². The summed E-state index contributed by atoms with van der Waals surface area (Å²) in [5, 5.41) is 6.36. The summed E-state index contributed by atoms with van der Waals surface area (Å²) in [6.45, 7) is 3.01. The van der Waals surface area contributed by atoms with E-state index >= 15 is 0 Å². The molecule has 1 saturated carbocycles. The predicted molar refractivity (Wildman–Crippen MR) is 55.7 cm³/mol. The number of hydrogen-bond donors (Lipinski definition) is 1. The molecule has 0 bridgehead atoms. The molecule has 1 aliphatic rings. The first kappa shape index (κ1) is 10.6. The third-order valence-electron chi connectivity index (χ3n) is 2.60. The maximum Gasteiger partial charge on any atom is 0.259 e. The molecule has 0 aliphatic heterocycles. The van der Waals surface area contributed by atoms with Crippen molar-refractivity contribution in [3.8, 4) is 0 Å². The summed E-state index contributed by atoms with van der Waals surface area (Å²) < 4.78 is 25.6. The average molecular weight is 229 g/mol. The van der Waals surface area contributed by atoms with Crippen LogP contribution in [0.5, 0.6) is 0 Å². The molecule has 6 heteroatoms. The van der Waals surface area contributed by atoms with E-state index in [0.29, 0.717) is 19.0 Å². The zero-order valence-corrected chi connectivity index (χ0v) is 9.50. The van der Waals surface area contributed by atoms with Crippen LogP contribution in [-0.4, -0.2) is 36.0 Å². The molecule has 0 amide bonds. The topological polar surface area (TPSA) is 66.1 Å². The largest absolute Gasteiger partial charge is 0.266 e. The molecule has 2 rings (SSSR count). The number of nitrogens with one attached hydrogen (secondary N) is 1. The van der Waals surface area contributed by atoms with Gasteiger partial charge in [-0.05, 0) is 24.8 Å². The summed E-state index contributed by atoms with van der Waals surface area (Å²) in [4.78, 5) is 0. The third-order valence-corrected chi connectivity index (χ3v) is 4.47. The minimum Gasteiger partial charge on any atom is -0.266 e. The number of nitrogens with zero attached hydrogens (tertiary/aromatic N) is 2. The number of sulfonamides is 1. The van der Waals surface area contributed by atoms with Crippen molar-refractivity contribution >= 4 is 10.0 Å². The van der Waals surface area contributed by atoms with Gasteiger partial charge in [0.15, 0.2) is 5.03 Å². The molecule has 0 radical (unpaired) electrons. The maximum atomic E-state index is 12.0. The van der Waals surface area contributed by atoms with Gasteiger partial charge in [0, 0.05) is 13.1 Å². The van der Waals surface area contributed by atoms with Gasteiger partial charge in [0.2, 0.25) is 0 Å². The summed E-state index contributed by atoms with van der Waals surface area (Å²) in [5.41, 5.74) is 0. The number of H-pyrrole nitrogens is 1. The van der Waals surface area contributed by atoms with Gasteiger partial charge in [-0.2, -0.15) is 9.40 Å². The van der Waals surface area contributed by atoms with Crippen LogP contribution >= 0.6 is 0 Å². The highest BCUT2D eigenvalue weighted by Gasteiger charge is 2.31. The second-order valence-electron chi connectivity index (χ2n) is 3.82. The molecule has 1 aromatic heterocycles. The molecular weight excluding hydrogens is 214 g/mol. The Hall–Kier alpha value is -0.880. The summed E-state index contributed by atoms with van der Waals surface area (Å²) in [5.74, 6) is 0.558. The lowest BCUT2D eigenvalue weighted by Gasteiger charge is -2.18. The van der Waals surface area contributed by atoms with E-state index in [9.17, 15) is 8.42 Å². The Morgan fingerprint density at radius 2 is 2.33 bits per heavy atom. The first-order chi connectivity index (χ1) is 7.14. The molecule has 1 N–H and O–H groups in total. The molecule has 0 aromatic carbocycles. The van der Waals surface area contributed by atoms with E-state index < -0.39 is 10.0 Å². The molecule has 0 atom stereocenters. The third kappa shape index (κ3) is 2.21. The minimum absolute atomic E-state index is 0.185. The second-order valence-corrected chi connectivity index (χ2v) is 5.73. The summed E-state index contributed by atoms with van der Waals surface area (Å²) >= 11 is 0. The molecule has 0 saturated heterocycles. The van der Waals surface area contributed by atoms with Gasteiger partial charge in [0.05, 0.1) is 6.20 Å². The zero-order chi connectivity index (χ0) is 10.9. The van der Waals surface area contributed by atoms with Gasteiger partial charge in [-0.3, -0.25) is 5.10 Å². The van der Waals surface area contributed by atoms with Crippen molar-refractivity contribution < 1.29 is 8.42 Å². The van der Waals surface area contributed by atoms with Crippen LogP contribution in [0.4, 0.5) is 0 Å². The second kappa shape index (κ2) is 3.94. The fourth-order valence-corrected chi connectivity index (χ4v) is 2.94. The highest BCUT2D eigenvalue weighted by Crippen LogP contribution is 2.31. The van der Waals surface area contributed by atoms with Crippen molar-refractivity contribution in [3.63, 3.8) is 0 Å². The standard InChI is InChI=1S/C9H15N3O2S/c1-2-12(7-8-3-4-8)15(13,14)9-5-6-10-11-9/h5-6,8H,2-4,7H2,1H3,(H,10,11). The van der Waals surface area contributed by atoms with Crippen LogP contribution < -0.4 is 0 Å². The Labute approximate surface area is 89.5 Å². The SMILES string of the molecule is CCN(CC1CC1)S(=O)(=O)c1ccn[nH]1. The van der Waals surface area contributed by atoms with Crippen LogP contribution in [0.15, 0.2) is 17.3 Å². The quantitative estimate of drug-likeness (QED) is 0.813. The molecule has 1 aliphatic carbocycles.